The minimum atomic E-state index is 0.381. The summed E-state index contributed by atoms with van der Waals surface area (Å²) in [5, 5.41) is 3.44. The molecule has 1 N–H and O–H groups in total. The normalized spacial score (nSPS) is 41.8. The summed E-state index contributed by atoms with van der Waals surface area (Å²) in [4.78, 5) is 0. The van der Waals surface area contributed by atoms with Crippen LogP contribution in [0.2, 0.25) is 0 Å². The second-order valence-electron chi connectivity index (χ2n) is 4.42. The molecule has 2 aliphatic heterocycles. The lowest BCUT2D eigenvalue weighted by atomic mass is 9.81. The average molecular weight is 169 g/mol. The molecule has 0 spiro atoms. The molecule has 2 heterocycles. The summed E-state index contributed by atoms with van der Waals surface area (Å²) in [5.41, 5.74) is 0. The number of nitrogens with one attached hydrogen (secondary N) is 1. The Kier molecular flexibility index (Phi) is 2.37. The van der Waals surface area contributed by atoms with Crippen LogP contribution in [0.1, 0.15) is 26.7 Å². The van der Waals surface area contributed by atoms with Gasteiger partial charge in [-0.15, -0.1) is 0 Å². The summed E-state index contributed by atoms with van der Waals surface area (Å²) in [7, 11) is 0. The number of hydrogen-bond acceptors (Lipinski definition) is 2. The van der Waals surface area contributed by atoms with E-state index >= 15 is 0 Å². The smallest absolute Gasteiger partial charge is 0.111 e. The molecule has 2 fully saturated rings. The van der Waals surface area contributed by atoms with E-state index in [0.717, 1.165) is 30.9 Å². The molecule has 0 aromatic rings. The molecule has 70 valence electrons. The van der Waals surface area contributed by atoms with Gasteiger partial charge in [0, 0.05) is 5.92 Å². The van der Waals surface area contributed by atoms with Crippen LogP contribution in [0.4, 0.5) is 0 Å². The summed E-state index contributed by atoms with van der Waals surface area (Å²) in [6.45, 7) is 6.74. The molecule has 0 aliphatic carbocycles. The summed E-state index contributed by atoms with van der Waals surface area (Å²) >= 11 is 0. The van der Waals surface area contributed by atoms with E-state index in [1.807, 2.05) is 0 Å². The zero-order valence-corrected chi connectivity index (χ0v) is 8.05. The highest BCUT2D eigenvalue weighted by Gasteiger charge is 2.39. The summed E-state index contributed by atoms with van der Waals surface area (Å²) in [6.07, 6.45) is 3.07. The fraction of sp³-hybridized carbons (Fsp3) is 1.00. The van der Waals surface area contributed by atoms with E-state index in [2.05, 4.69) is 19.2 Å². The Morgan fingerprint density at radius 3 is 3.00 bits per heavy atom. The van der Waals surface area contributed by atoms with Crippen LogP contribution < -0.4 is 5.32 Å². The van der Waals surface area contributed by atoms with Gasteiger partial charge in [-0.3, -0.25) is 5.32 Å². The van der Waals surface area contributed by atoms with Crippen molar-refractivity contribution in [3.63, 3.8) is 0 Å². The predicted molar refractivity (Wildman–Crippen MR) is 48.8 cm³/mol. The highest BCUT2D eigenvalue weighted by atomic mass is 16.5. The molecule has 2 nitrogen and oxygen atoms in total. The minimum absolute atomic E-state index is 0.381. The Labute approximate surface area is 74.7 Å². The first kappa shape index (κ1) is 8.52. The molecule has 0 aromatic heterocycles. The second-order valence-corrected chi connectivity index (χ2v) is 4.42. The van der Waals surface area contributed by atoms with Gasteiger partial charge in [0.05, 0.1) is 6.61 Å². The van der Waals surface area contributed by atoms with Crippen LogP contribution >= 0.6 is 0 Å². The molecule has 3 unspecified atom stereocenters. The van der Waals surface area contributed by atoms with E-state index in [1.165, 1.54) is 12.8 Å². The fourth-order valence-corrected chi connectivity index (χ4v) is 2.53. The van der Waals surface area contributed by atoms with Crippen molar-refractivity contribution in [2.24, 2.45) is 17.8 Å². The molecule has 2 heteroatoms. The molecule has 0 bridgehead atoms. The zero-order chi connectivity index (χ0) is 8.55. The third kappa shape index (κ3) is 1.38. The third-order valence-corrected chi connectivity index (χ3v) is 3.32. The molecule has 2 aliphatic rings. The number of hydrogen-bond donors (Lipinski definition) is 1. The largest absolute Gasteiger partial charge is 0.363 e. The predicted octanol–water partition coefficient (Wildman–Crippen LogP) is 1.61. The van der Waals surface area contributed by atoms with Crippen molar-refractivity contribution in [1.82, 2.24) is 5.32 Å². The maximum atomic E-state index is 5.72. The maximum absolute atomic E-state index is 5.72. The molecule has 0 radical (unpaired) electrons. The van der Waals surface area contributed by atoms with Crippen LogP contribution in [0.15, 0.2) is 0 Å². The van der Waals surface area contributed by atoms with E-state index in [-0.39, 0.29) is 0 Å². The van der Waals surface area contributed by atoms with E-state index in [4.69, 9.17) is 4.74 Å². The van der Waals surface area contributed by atoms with Gasteiger partial charge in [-0.05, 0) is 31.2 Å². The van der Waals surface area contributed by atoms with Crippen LogP contribution in [0, 0.1) is 17.8 Å². The van der Waals surface area contributed by atoms with E-state index in [1.54, 1.807) is 0 Å². The number of fused-ring (bicyclic) bond motifs is 1. The van der Waals surface area contributed by atoms with Gasteiger partial charge in [-0.1, -0.05) is 13.8 Å². The van der Waals surface area contributed by atoms with Gasteiger partial charge in [-0.2, -0.15) is 0 Å². The zero-order valence-electron chi connectivity index (χ0n) is 8.05. The SMILES string of the molecule is CC(C)C1COC2NCCCC21. The molecule has 0 saturated carbocycles. The van der Waals surface area contributed by atoms with Crippen molar-refractivity contribution in [2.45, 2.75) is 32.9 Å². The minimum Gasteiger partial charge on any atom is -0.363 e. The van der Waals surface area contributed by atoms with Crippen molar-refractivity contribution >= 4 is 0 Å². The van der Waals surface area contributed by atoms with Gasteiger partial charge >= 0.3 is 0 Å². The van der Waals surface area contributed by atoms with E-state index in [0.29, 0.717) is 6.23 Å². The highest BCUT2D eigenvalue weighted by molar-refractivity contribution is 4.86. The van der Waals surface area contributed by atoms with Crippen LogP contribution in [0.25, 0.3) is 0 Å². The van der Waals surface area contributed by atoms with Gasteiger partial charge < -0.3 is 4.74 Å². The van der Waals surface area contributed by atoms with E-state index < -0.39 is 0 Å². The van der Waals surface area contributed by atoms with Crippen molar-refractivity contribution in [3.05, 3.63) is 0 Å². The highest BCUT2D eigenvalue weighted by Crippen LogP contribution is 2.36. The molecule has 3 atom stereocenters. The van der Waals surface area contributed by atoms with Gasteiger partial charge in [0.15, 0.2) is 0 Å². The lowest BCUT2D eigenvalue weighted by Crippen LogP contribution is -2.41. The second kappa shape index (κ2) is 3.35. The third-order valence-electron chi connectivity index (χ3n) is 3.32. The standard InChI is InChI=1S/C10H19NO/c1-7(2)9-6-12-10-8(9)4-3-5-11-10/h7-11H,3-6H2,1-2H3. The monoisotopic (exact) mass is 169 g/mol. The first-order valence-electron chi connectivity index (χ1n) is 5.14. The maximum Gasteiger partial charge on any atom is 0.111 e. The van der Waals surface area contributed by atoms with Gasteiger partial charge in [-0.25, -0.2) is 0 Å². The van der Waals surface area contributed by atoms with Crippen molar-refractivity contribution in [2.75, 3.05) is 13.2 Å². The first-order chi connectivity index (χ1) is 5.79. The number of ether oxygens (including phenoxy) is 1. The Bertz CT molecular complexity index is 158. The van der Waals surface area contributed by atoms with Gasteiger partial charge in [0.1, 0.15) is 6.23 Å². The Balaban J connectivity index is 2.01. The van der Waals surface area contributed by atoms with Crippen molar-refractivity contribution in [3.8, 4) is 0 Å². The molecule has 2 rings (SSSR count). The molecule has 2 saturated heterocycles. The Morgan fingerprint density at radius 2 is 2.25 bits per heavy atom. The molecular formula is C10H19NO. The quantitative estimate of drug-likeness (QED) is 0.644. The fourth-order valence-electron chi connectivity index (χ4n) is 2.53. The van der Waals surface area contributed by atoms with Crippen molar-refractivity contribution < 1.29 is 4.74 Å². The summed E-state index contributed by atoms with van der Waals surface area (Å²) < 4.78 is 5.72. The summed E-state index contributed by atoms with van der Waals surface area (Å²) in [5.74, 6) is 2.36. The van der Waals surface area contributed by atoms with Gasteiger partial charge in [0.2, 0.25) is 0 Å². The summed E-state index contributed by atoms with van der Waals surface area (Å²) in [6, 6.07) is 0. The lowest BCUT2D eigenvalue weighted by molar-refractivity contribution is 0.0477. The van der Waals surface area contributed by atoms with Crippen LogP contribution in [0.5, 0.6) is 0 Å². The van der Waals surface area contributed by atoms with Crippen LogP contribution in [-0.2, 0) is 4.74 Å². The number of piperidine rings is 1. The van der Waals surface area contributed by atoms with Crippen molar-refractivity contribution in [1.29, 1.82) is 0 Å². The average Bonchev–Trinajstić information content (AvgIpc) is 2.47. The first-order valence-corrected chi connectivity index (χ1v) is 5.14. The molecule has 0 amide bonds. The Hall–Kier alpha value is -0.0800. The topological polar surface area (TPSA) is 21.3 Å². The molecule has 0 aromatic carbocycles. The molecular weight excluding hydrogens is 150 g/mol. The Morgan fingerprint density at radius 1 is 1.42 bits per heavy atom. The van der Waals surface area contributed by atoms with Gasteiger partial charge in [0.25, 0.3) is 0 Å². The molecule has 12 heavy (non-hydrogen) atoms. The van der Waals surface area contributed by atoms with Crippen LogP contribution in [-0.4, -0.2) is 19.4 Å². The lowest BCUT2D eigenvalue weighted by Gasteiger charge is -2.29. The van der Waals surface area contributed by atoms with Crippen LogP contribution in [0.3, 0.4) is 0 Å². The van der Waals surface area contributed by atoms with E-state index in [9.17, 15) is 0 Å². The number of rotatable bonds is 1.